The van der Waals surface area contributed by atoms with E-state index in [1.165, 1.54) is 17.2 Å². The van der Waals surface area contributed by atoms with Crippen molar-refractivity contribution in [2.24, 2.45) is 0 Å². The molecule has 37 heavy (non-hydrogen) atoms. The molecule has 1 fully saturated rings. The van der Waals surface area contributed by atoms with Crippen LogP contribution in [0.15, 0.2) is 43.0 Å². The Hall–Kier alpha value is -2.68. The zero-order chi connectivity index (χ0) is 26.3. The fourth-order valence-electron chi connectivity index (χ4n) is 3.64. The average molecular weight is 539 g/mol. The van der Waals surface area contributed by atoms with E-state index in [1.807, 2.05) is 6.92 Å². The highest BCUT2D eigenvalue weighted by atomic mass is 31.2. The van der Waals surface area contributed by atoms with Crippen LogP contribution in [0.2, 0.25) is 0 Å². The minimum Gasteiger partial charge on any atom is -0.409 e. The summed E-state index contributed by atoms with van der Waals surface area (Å²) in [4.78, 5) is 12.6. The van der Waals surface area contributed by atoms with E-state index < -0.39 is 38.9 Å². The summed E-state index contributed by atoms with van der Waals surface area (Å²) in [6.45, 7) is 2.89. The van der Waals surface area contributed by atoms with Gasteiger partial charge in [-0.05, 0) is 19.1 Å². The molecule has 5 atom stereocenters. The Morgan fingerprint density at radius 3 is 2.54 bits per heavy atom. The van der Waals surface area contributed by atoms with Gasteiger partial charge in [0.1, 0.15) is 30.4 Å². The molecule has 1 aromatic carbocycles. The van der Waals surface area contributed by atoms with Gasteiger partial charge in [0.25, 0.3) is 0 Å². The molecule has 0 spiro atoms. The number of benzene rings is 1. The monoisotopic (exact) mass is 539 g/mol. The Bertz CT molecular complexity index is 1180. The Balaban J connectivity index is 1.53. The van der Waals surface area contributed by atoms with Gasteiger partial charge < -0.3 is 34.1 Å². The topological polar surface area (TPSA) is 180 Å². The maximum absolute atomic E-state index is 13.7. The van der Waals surface area contributed by atoms with Crippen LogP contribution in [0.5, 0.6) is 5.75 Å². The van der Waals surface area contributed by atoms with Crippen molar-refractivity contribution in [1.29, 1.82) is 0 Å². The van der Waals surface area contributed by atoms with Crippen molar-refractivity contribution >= 4 is 24.7 Å². The van der Waals surface area contributed by atoms with Crippen molar-refractivity contribution in [3.05, 3.63) is 43.0 Å². The molecule has 4 rings (SSSR count). The SMILES string of the molecule is CCOCCOCCOP(=O)(Nc1ncnc2c1ncn2[C@@H]1O[C@H](CO)[C@@H](O)[C@H]1O)Oc1ccccc1. The maximum Gasteiger partial charge on any atom is 0.487 e. The molecule has 1 unspecified atom stereocenters. The molecule has 15 heteroatoms. The number of aromatic nitrogens is 4. The predicted molar refractivity (Wildman–Crippen MR) is 130 cm³/mol. The van der Waals surface area contributed by atoms with Gasteiger partial charge in [-0.25, -0.2) is 19.5 Å². The summed E-state index contributed by atoms with van der Waals surface area (Å²) in [5, 5.41) is 32.6. The number of rotatable bonds is 14. The van der Waals surface area contributed by atoms with Crippen LogP contribution in [-0.2, 0) is 23.3 Å². The van der Waals surface area contributed by atoms with Gasteiger partial charge >= 0.3 is 7.75 Å². The predicted octanol–water partition coefficient (Wildman–Crippen LogP) is 1.11. The lowest BCUT2D eigenvalue weighted by Gasteiger charge is -2.20. The lowest BCUT2D eigenvalue weighted by atomic mass is 10.1. The second-order valence-corrected chi connectivity index (χ2v) is 9.59. The summed E-state index contributed by atoms with van der Waals surface area (Å²) >= 11 is 0. The van der Waals surface area contributed by atoms with E-state index in [2.05, 4.69) is 20.0 Å². The maximum atomic E-state index is 13.7. The van der Waals surface area contributed by atoms with Crippen molar-refractivity contribution in [3.63, 3.8) is 0 Å². The summed E-state index contributed by atoms with van der Waals surface area (Å²) in [5.41, 5.74) is 0.409. The lowest BCUT2D eigenvalue weighted by molar-refractivity contribution is -0.0511. The molecule has 202 valence electrons. The molecule has 0 amide bonds. The average Bonchev–Trinajstić information content (AvgIpc) is 3.45. The van der Waals surface area contributed by atoms with E-state index in [1.54, 1.807) is 30.3 Å². The van der Waals surface area contributed by atoms with E-state index in [9.17, 15) is 19.9 Å². The molecule has 1 saturated heterocycles. The number of imidazole rings is 1. The number of para-hydroxylation sites is 1. The van der Waals surface area contributed by atoms with Crippen molar-refractivity contribution in [2.75, 3.05) is 44.7 Å². The van der Waals surface area contributed by atoms with Crippen molar-refractivity contribution in [2.45, 2.75) is 31.5 Å². The normalized spacial score (nSPS) is 23.2. The fourth-order valence-corrected chi connectivity index (χ4v) is 4.94. The zero-order valence-corrected chi connectivity index (χ0v) is 21.0. The van der Waals surface area contributed by atoms with Crippen molar-refractivity contribution in [1.82, 2.24) is 19.5 Å². The zero-order valence-electron chi connectivity index (χ0n) is 20.1. The summed E-state index contributed by atoms with van der Waals surface area (Å²) in [6.07, 6.45) is -2.12. The first-order valence-electron chi connectivity index (χ1n) is 11.7. The third-order valence-electron chi connectivity index (χ3n) is 5.43. The third-order valence-corrected chi connectivity index (χ3v) is 6.89. The molecule has 0 radical (unpaired) electrons. The Kier molecular flexibility index (Phi) is 9.40. The standard InChI is InChI=1S/C22H30N5O9P/c1-2-32-8-9-33-10-11-34-37(31,36-15-6-4-3-5-7-15)26-20-17-21(24-13-23-20)27(14-25-17)22-19(30)18(29)16(12-28)35-22/h3-7,13-14,16,18-19,22,28-30H,2,8-12H2,1H3,(H,23,24,26,31)/t16-,18-,19-,22-,37?/m1/s1. The van der Waals surface area contributed by atoms with Gasteiger partial charge in [0.2, 0.25) is 0 Å². The van der Waals surface area contributed by atoms with Crippen LogP contribution >= 0.6 is 7.75 Å². The highest BCUT2D eigenvalue weighted by Gasteiger charge is 2.44. The first-order chi connectivity index (χ1) is 18.0. The Labute approximate surface area is 212 Å². The summed E-state index contributed by atoms with van der Waals surface area (Å²) in [6, 6.07) is 8.49. The summed E-state index contributed by atoms with van der Waals surface area (Å²) in [7, 11) is -4.04. The number of hydrogen-bond donors (Lipinski definition) is 4. The molecule has 1 aliphatic heterocycles. The number of fused-ring (bicyclic) bond motifs is 1. The number of nitrogens with one attached hydrogen (secondary N) is 1. The minimum absolute atomic E-state index is 0.0472. The molecular weight excluding hydrogens is 509 g/mol. The smallest absolute Gasteiger partial charge is 0.409 e. The van der Waals surface area contributed by atoms with E-state index >= 15 is 0 Å². The van der Waals surface area contributed by atoms with Crippen molar-refractivity contribution < 1.29 is 43.1 Å². The molecule has 0 bridgehead atoms. The number of aliphatic hydroxyl groups excluding tert-OH is 3. The quantitative estimate of drug-likeness (QED) is 0.169. The van der Waals surface area contributed by atoms with Crippen LogP contribution < -0.4 is 9.61 Å². The first-order valence-corrected chi connectivity index (χ1v) is 13.2. The second-order valence-electron chi connectivity index (χ2n) is 7.93. The van der Waals surface area contributed by atoms with Crippen LogP contribution in [-0.4, -0.2) is 92.8 Å². The summed E-state index contributed by atoms with van der Waals surface area (Å²) in [5.74, 6) is 0.352. The molecule has 4 N–H and O–H groups in total. The molecule has 2 aromatic heterocycles. The van der Waals surface area contributed by atoms with Gasteiger partial charge in [-0.15, -0.1) is 0 Å². The number of anilines is 1. The van der Waals surface area contributed by atoms with E-state index in [0.717, 1.165) is 0 Å². The van der Waals surface area contributed by atoms with Crippen LogP contribution in [0.4, 0.5) is 5.82 Å². The minimum atomic E-state index is -4.04. The molecular formula is C22H30N5O9P. The molecule has 0 aliphatic carbocycles. The first kappa shape index (κ1) is 27.4. The molecule has 3 aromatic rings. The van der Waals surface area contributed by atoms with E-state index in [0.29, 0.717) is 25.6 Å². The highest BCUT2D eigenvalue weighted by Crippen LogP contribution is 2.48. The van der Waals surface area contributed by atoms with Gasteiger partial charge in [0.15, 0.2) is 23.2 Å². The second kappa shape index (κ2) is 12.7. The molecule has 1 aliphatic rings. The van der Waals surface area contributed by atoms with E-state index in [4.69, 9.17) is 23.3 Å². The molecule has 14 nitrogen and oxygen atoms in total. The van der Waals surface area contributed by atoms with Crippen LogP contribution in [0.25, 0.3) is 11.2 Å². The number of nitrogens with zero attached hydrogens (tertiary/aromatic N) is 4. The fraction of sp³-hybridized carbons (Fsp3) is 0.500. The van der Waals surface area contributed by atoms with Crippen LogP contribution in [0.1, 0.15) is 13.2 Å². The summed E-state index contributed by atoms with van der Waals surface area (Å²) < 4.78 is 42.6. The van der Waals surface area contributed by atoms with Crippen LogP contribution in [0, 0.1) is 0 Å². The van der Waals surface area contributed by atoms with Crippen LogP contribution in [0.3, 0.4) is 0 Å². The number of hydrogen-bond acceptors (Lipinski definition) is 12. The van der Waals surface area contributed by atoms with Gasteiger partial charge in [-0.1, -0.05) is 18.2 Å². The Morgan fingerprint density at radius 2 is 1.81 bits per heavy atom. The van der Waals surface area contributed by atoms with Gasteiger partial charge in [0.05, 0.1) is 39.4 Å². The number of aliphatic hydroxyl groups is 3. The Morgan fingerprint density at radius 1 is 1.05 bits per heavy atom. The van der Waals surface area contributed by atoms with Crippen molar-refractivity contribution in [3.8, 4) is 5.75 Å². The number of ether oxygens (including phenoxy) is 3. The molecule has 0 saturated carbocycles. The molecule has 3 heterocycles. The van der Waals surface area contributed by atoms with E-state index in [-0.39, 0.29) is 30.2 Å². The lowest BCUT2D eigenvalue weighted by Crippen LogP contribution is -2.33. The van der Waals surface area contributed by atoms with Gasteiger partial charge in [-0.3, -0.25) is 14.2 Å². The largest absolute Gasteiger partial charge is 0.487 e. The highest BCUT2D eigenvalue weighted by molar-refractivity contribution is 7.55. The van der Waals surface area contributed by atoms with Gasteiger partial charge in [0, 0.05) is 6.61 Å². The van der Waals surface area contributed by atoms with Gasteiger partial charge in [-0.2, -0.15) is 0 Å². The third kappa shape index (κ3) is 6.61.